The average Bonchev–Trinajstić information content (AvgIpc) is 2.52. The molecule has 1 saturated carbocycles. The van der Waals surface area contributed by atoms with E-state index in [1.165, 1.54) is 6.42 Å². The van der Waals surface area contributed by atoms with Crippen LogP contribution in [0.15, 0.2) is 18.3 Å². The standard InChI is InChI=1S/C11H15NO2/c1-11(2)6-8(11)7-12-5-3-4-9(12)10(13)14/h3-5,8H,6-7H2,1-2H3,(H,13,14). The predicted octanol–water partition coefficient (Wildman–Crippen LogP) is 2.23. The maximum atomic E-state index is 10.8. The second-order valence-corrected chi connectivity index (χ2v) is 4.74. The Balaban J connectivity index is 2.10. The summed E-state index contributed by atoms with van der Waals surface area (Å²) in [5, 5.41) is 8.90. The molecule has 2 rings (SSSR count). The topological polar surface area (TPSA) is 42.2 Å². The second kappa shape index (κ2) is 2.87. The van der Waals surface area contributed by atoms with Gasteiger partial charge in [0.25, 0.3) is 0 Å². The highest BCUT2D eigenvalue weighted by Crippen LogP contribution is 2.52. The lowest BCUT2D eigenvalue weighted by Gasteiger charge is -2.07. The monoisotopic (exact) mass is 193 g/mol. The number of hydrogen-bond donors (Lipinski definition) is 1. The highest BCUT2D eigenvalue weighted by atomic mass is 16.4. The molecular formula is C11H15NO2. The van der Waals surface area contributed by atoms with Gasteiger partial charge in [0.2, 0.25) is 0 Å². The van der Waals surface area contributed by atoms with Crippen molar-refractivity contribution in [2.45, 2.75) is 26.8 Å². The van der Waals surface area contributed by atoms with E-state index in [1.807, 2.05) is 10.8 Å². The molecule has 76 valence electrons. The van der Waals surface area contributed by atoms with Crippen LogP contribution in [0.5, 0.6) is 0 Å². The van der Waals surface area contributed by atoms with Gasteiger partial charge in [-0.25, -0.2) is 4.79 Å². The summed E-state index contributed by atoms with van der Waals surface area (Å²) in [7, 11) is 0. The molecule has 1 aromatic rings. The first-order valence-corrected chi connectivity index (χ1v) is 4.89. The molecule has 0 radical (unpaired) electrons. The molecule has 1 N–H and O–H groups in total. The van der Waals surface area contributed by atoms with Crippen LogP contribution in [0.25, 0.3) is 0 Å². The SMILES string of the molecule is CC1(C)CC1Cn1cccc1C(=O)O. The zero-order valence-electron chi connectivity index (χ0n) is 8.53. The summed E-state index contributed by atoms with van der Waals surface area (Å²) in [6.07, 6.45) is 3.04. The van der Waals surface area contributed by atoms with E-state index in [4.69, 9.17) is 5.11 Å². The number of hydrogen-bond acceptors (Lipinski definition) is 1. The lowest BCUT2D eigenvalue weighted by molar-refractivity contribution is 0.0684. The second-order valence-electron chi connectivity index (χ2n) is 4.74. The molecular weight excluding hydrogens is 178 g/mol. The van der Waals surface area contributed by atoms with E-state index in [2.05, 4.69) is 13.8 Å². The minimum Gasteiger partial charge on any atom is -0.477 e. The van der Waals surface area contributed by atoms with E-state index in [9.17, 15) is 4.79 Å². The van der Waals surface area contributed by atoms with Crippen molar-refractivity contribution in [2.24, 2.45) is 11.3 Å². The van der Waals surface area contributed by atoms with Gasteiger partial charge >= 0.3 is 5.97 Å². The van der Waals surface area contributed by atoms with Crippen LogP contribution >= 0.6 is 0 Å². The fraction of sp³-hybridized carbons (Fsp3) is 0.545. The summed E-state index contributed by atoms with van der Waals surface area (Å²) >= 11 is 0. The Labute approximate surface area is 83.4 Å². The number of aromatic carboxylic acids is 1. The molecule has 3 heteroatoms. The summed E-state index contributed by atoms with van der Waals surface area (Å²) in [5.74, 6) is -0.207. The van der Waals surface area contributed by atoms with Gasteiger partial charge < -0.3 is 9.67 Å². The molecule has 14 heavy (non-hydrogen) atoms. The summed E-state index contributed by atoms with van der Waals surface area (Å²) in [5.41, 5.74) is 0.799. The summed E-state index contributed by atoms with van der Waals surface area (Å²) in [6, 6.07) is 3.44. The lowest BCUT2D eigenvalue weighted by atomic mass is 10.1. The van der Waals surface area contributed by atoms with Crippen molar-refractivity contribution < 1.29 is 9.90 Å². The third kappa shape index (κ3) is 1.54. The quantitative estimate of drug-likeness (QED) is 0.799. The molecule has 0 aliphatic heterocycles. The minimum atomic E-state index is -0.839. The van der Waals surface area contributed by atoms with Crippen LogP contribution in [0.2, 0.25) is 0 Å². The highest BCUT2D eigenvalue weighted by Gasteiger charge is 2.45. The summed E-state index contributed by atoms with van der Waals surface area (Å²) < 4.78 is 1.84. The number of carboxylic acid groups (broad SMARTS) is 1. The Bertz CT molecular complexity index is 365. The van der Waals surface area contributed by atoms with E-state index in [1.54, 1.807) is 12.1 Å². The molecule has 1 aromatic heterocycles. The van der Waals surface area contributed by atoms with Crippen LogP contribution in [0.3, 0.4) is 0 Å². The van der Waals surface area contributed by atoms with Crippen molar-refractivity contribution in [3.05, 3.63) is 24.0 Å². The largest absolute Gasteiger partial charge is 0.477 e. The van der Waals surface area contributed by atoms with Gasteiger partial charge in [0, 0.05) is 12.7 Å². The maximum Gasteiger partial charge on any atom is 0.352 e. The van der Waals surface area contributed by atoms with Crippen molar-refractivity contribution in [3.63, 3.8) is 0 Å². The Hall–Kier alpha value is -1.25. The molecule has 0 amide bonds. The normalized spacial score (nSPS) is 23.4. The molecule has 0 bridgehead atoms. The average molecular weight is 193 g/mol. The van der Waals surface area contributed by atoms with E-state index >= 15 is 0 Å². The molecule has 1 aliphatic carbocycles. The highest BCUT2D eigenvalue weighted by molar-refractivity contribution is 5.85. The number of nitrogens with zero attached hydrogens (tertiary/aromatic N) is 1. The van der Waals surface area contributed by atoms with Crippen molar-refractivity contribution >= 4 is 5.97 Å². The van der Waals surface area contributed by atoms with E-state index in [0.29, 0.717) is 17.0 Å². The summed E-state index contributed by atoms with van der Waals surface area (Å²) in [6.45, 7) is 5.28. The van der Waals surface area contributed by atoms with Crippen molar-refractivity contribution in [1.29, 1.82) is 0 Å². The first-order chi connectivity index (χ1) is 6.50. The van der Waals surface area contributed by atoms with Gasteiger partial charge in [0.05, 0.1) is 0 Å². The Kier molecular flexibility index (Phi) is 1.91. The van der Waals surface area contributed by atoms with E-state index in [-0.39, 0.29) is 0 Å². The van der Waals surface area contributed by atoms with Crippen LogP contribution < -0.4 is 0 Å². The number of carbonyl (C=O) groups is 1. The number of carboxylic acids is 1. The van der Waals surface area contributed by atoms with Gasteiger partial charge in [-0.3, -0.25) is 0 Å². The molecule has 0 spiro atoms. The number of aromatic nitrogens is 1. The smallest absolute Gasteiger partial charge is 0.352 e. The zero-order chi connectivity index (χ0) is 10.3. The fourth-order valence-electron chi connectivity index (χ4n) is 1.89. The Morgan fingerprint density at radius 3 is 2.86 bits per heavy atom. The first kappa shape index (κ1) is 9.31. The van der Waals surface area contributed by atoms with Crippen LogP contribution in [0, 0.1) is 11.3 Å². The van der Waals surface area contributed by atoms with Gasteiger partial charge in [-0.2, -0.15) is 0 Å². The molecule has 1 heterocycles. The Morgan fingerprint density at radius 1 is 1.71 bits per heavy atom. The molecule has 3 nitrogen and oxygen atoms in total. The fourth-order valence-corrected chi connectivity index (χ4v) is 1.89. The van der Waals surface area contributed by atoms with Gasteiger partial charge in [0.1, 0.15) is 5.69 Å². The third-order valence-corrected chi connectivity index (χ3v) is 3.18. The predicted molar refractivity (Wildman–Crippen MR) is 53.3 cm³/mol. The molecule has 1 atom stereocenters. The van der Waals surface area contributed by atoms with Crippen LogP contribution in [0.4, 0.5) is 0 Å². The first-order valence-electron chi connectivity index (χ1n) is 4.89. The number of rotatable bonds is 3. The third-order valence-electron chi connectivity index (χ3n) is 3.18. The molecule has 1 fully saturated rings. The van der Waals surface area contributed by atoms with Crippen molar-refractivity contribution in [2.75, 3.05) is 0 Å². The van der Waals surface area contributed by atoms with Crippen LogP contribution in [-0.4, -0.2) is 15.6 Å². The minimum absolute atomic E-state index is 0.396. The van der Waals surface area contributed by atoms with Crippen LogP contribution in [0.1, 0.15) is 30.8 Å². The molecule has 1 unspecified atom stereocenters. The van der Waals surface area contributed by atoms with Gasteiger partial charge in [-0.15, -0.1) is 0 Å². The zero-order valence-corrected chi connectivity index (χ0v) is 8.53. The Morgan fingerprint density at radius 2 is 2.36 bits per heavy atom. The summed E-state index contributed by atoms with van der Waals surface area (Å²) in [4.78, 5) is 10.8. The lowest BCUT2D eigenvalue weighted by Crippen LogP contribution is -2.10. The van der Waals surface area contributed by atoms with Gasteiger partial charge in [0.15, 0.2) is 0 Å². The van der Waals surface area contributed by atoms with Crippen molar-refractivity contribution in [3.8, 4) is 0 Å². The van der Waals surface area contributed by atoms with E-state index in [0.717, 1.165) is 6.54 Å². The molecule has 1 aliphatic rings. The van der Waals surface area contributed by atoms with Gasteiger partial charge in [-0.05, 0) is 29.9 Å². The molecule has 0 saturated heterocycles. The van der Waals surface area contributed by atoms with Crippen LogP contribution in [-0.2, 0) is 6.54 Å². The molecule has 0 aromatic carbocycles. The maximum absolute atomic E-state index is 10.8. The van der Waals surface area contributed by atoms with E-state index < -0.39 is 5.97 Å². The van der Waals surface area contributed by atoms with Crippen molar-refractivity contribution in [1.82, 2.24) is 4.57 Å². The van der Waals surface area contributed by atoms with Gasteiger partial charge in [-0.1, -0.05) is 13.8 Å².